The maximum absolute atomic E-state index is 13.7. The SMILES string of the molecule is Cc1cc(C)cc(S(=O)(=O)N2CCC(C(=O)CCc3ccccc3F)CC2)c1. The highest BCUT2D eigenvalue weighted by Gasteiger charge is 2.32. The maximum Gasteiger partial charge on any atom is 0.243 e. The van der Waals surface area contributed by atoms with E-state index in [-0.39, 0.29) is 23.9 Å². The maximum atomic E-state index is 13.7. The monoisotopic (exact) mass is 403 g/mol. The summed E-state index contributed by atoms with van der Waals surface area (Å²) in [5.41, 5.74) is 2.37. The average Bonchev–Trinajstić information content (AvgIpc) is 2.66. The fourth-order valence-electron chi connectivity index (χ4n) is 3.81. The molecule has 0 amide bonds. The largest absolute Gasteiger partial charge is 0.299 e. The number of Topliss-reactive ketones (excluding diaryl/α,β-unsaturated/α-hetero) is 1. The number of benzene rings is 2. The highest BCUT2D eigenvalue weighted by atomic mass is 32.2. The van der Waals surface area contributed by atoms with Crippen LogP contribution in [-0.4, -0.2) is 31.6 Å². The van der Waals surface area contributed by atoms with Crippen LogP contribution in [0.15, 0.2) is 47.4 Å². The smallest absolute Gasteiger partial charge is 0.243 e. The number of hydrogen-bond donors (Lipinski definition) is 0. The first-order valence-electron chi connectivity index (χ1n) is 9.62. The van der Waals surface area contributed by atoms with E-state index in [1.165, 1.54) is 10.4 Å². The van der Waals surface area contributed by atoms with Crippen molar-refractivity contribution in [1.82, 2.24) is 4.31 Å². The first-order chi connectivity index (χ1) is 13.3. The third-order valence-electron chi connectivity index (χ3n) is 5.34. The lowest BCUT2D eigenvalue weighted by Crippen LogP contribution is -2.40. The number of sulfonamides is 1. The minimum Gasteiger partial charge on any atom is -0.299 e. The van der Waals surface area contributed by atoms with Gasteiger partial charge in [-0.2, -0.15) is 4.31 Å². The summed E-state index contributed by atoms with van der Waals surface area (Å²) in [5.74, 6) is -0.353. The summed E-state index contributed by atoms with van der Waals surface area (Å²) in [5, 5.41) is 0. The zero-order valence-corrected chi connectivity index (χ0v) is 17.1. The molecule has 1 aliphatic rings. The second-order valence-corrected chi connectivity index (χ2v) is 9.50. The summed E-state index contributed by atoms with van der Waals surface area (Å²) >= 11 is 0. The van der Waals surface area contributed by atoms with E-state index >= 15 is 0 Å². The van der Waals surface area contributed by atoms with Crippen molar-refractivity contribution in [3.63, 3.8) is 0 Å². The van der Waals surface area contributed by atoms with E-state index in [2.05, 4.69) is 0 Å². The minimum atomic E-state index is -3.54. The second kappa shape index (κ2) is 8.53. The van der Waals surface area contributed by atoms with E-state index in [0.717, 1.165) is 11.1 Å². The lowest BCUT2D eigenvalue weighted by molar-refractivity contribution is -0.123. The Labute approximate surface area is 166 Å². The molecule has 0 bridgehead atoms. The molecule has 150 valence electrons. The first kappa shape index (κ1) is 20.7. The molecule has 28 heavy (non-hydrogen) atoms. The Morgan fingerprint density at radius 1 is 1.07 bits per heavy atom. The molecule has 0 N–H and O–H groups in total. The molecule has 0 aromatic heterocycles. The lowest BCUT2D eigenvalue weighted by atomic mass is 9.90. The van der Waals surface area contributed by atoms with Crippen molar-refractivity contribution in [2.75, 3.05) is 13.1 Å². The Hall–Kier alpha value is -2.05. The summed E-state index contributed by atoms with van der Waals surface area (Å²) in [7, 11) is -3.54. The van der Waals surface area contributed by atoms with Gasteiger partial charge in [0.1, 0.15) is 11.6 Å². The Balaban J connectivity index is 1.59. The summed E-state index contributed by atoms with van der Waals surface area (Å²) in [6.07, 6.45) is 1.70. The molecule has 4 nitrogen and oxygen atoms in total. The predicted molar refractivity (Wildman–Crippen MR) is 107 cm³/mol. The normalized spacial score (nSPS) is 16.2. The van der Waals surface area contributed by atoms with E-state index in [1.54, 1.807) is 30.3 Å². The topological polar surface area (TPSA) is 54.5 Å². The van der Waals surface area contributed by atoms with Crippen molar-refractivity contribution in [3.05, 3.63) is 65.0 Å². The van der Waals surface area contributed by atoms with E-state index in [4.69, 9.17) is 0 Å². The fourth-order valence-corrected chi connectivity index (χ4v) is 5.47. The summed E-state index contributed by atoms with van der Waals surface area (Å²) in [6, 6.07) is 11.8. The van der Waals surface area contributed by atoms with Gasteiger partial charge in [0.2, 0.25) is 10.0 Å². The number of carbonyl (C=O) groups is 1. The van der Waals surface area contributed by atoms with Gasteiger partial charge in [-0.1, -0.05) is 24.3 Å². The van der Waals surface area contributed by atoms with Gasteiger partial charge < -0.3 is 0 Å². The number of hydrogen-bond acceptors (Lipinski definition) is 3. The molecule has 3 rings (SSSR count). The van der Waals surface area contributed by atoms with Gasteiger partial charge in [-0.25, -0.2) is 12.8 Å². The van der Waals surface area contributed by atoms with Crippen LogP contribution >= 0.6 is 0 Å². The average molecular weight is 404 g/mol. The van der Waals surface area contributed by atoms with Crippen LogP contribution < -0.4 is 0 Å². The van der Waals surface area contributed by atoms with Gasteiger partial charge in [-0.05, 0) is 68.0 Å². The number of ketones is 1. The number of aryl methyl sites for hydroxylation is 3. The molecule has 2 aromatic carbocycles. The molecule has 1 fully saturated rings. The zero-order chi connectivity index (χ0) is 20.3. The van der Waals surface area contributed by atoms with Gasteiger partial charge in [-0.15, -0.1) is 0 Å². The Bertz CT molecular complexity index is 943. The Morgan fingerprint density at radius 2 is 1.68 bits per heavy atom. The first-order valence-corrected chi connectivity index (χ1v) is 11.1. The van der Waals surface area contributed by atoms with Crippen LogP contribution in [0.5, 0.6) is 0 Å². The van der Waals surface area contributed by atoms with E-state index in [9.17, 15) is 17.6 Å². The van der Waals surface area contributed by atoms with Crippen molar-refractivity contribution < 1.29 is 17.6 Å². The molecule has 6 heteroatoms. The molecule has 0 atom stereocenters. The summed E-state index contributed by atoms with van der Waals surface area (Å²) in [4.78, 5) is 12.8. The number of halogens is 1. The van der Waals surface area contributed by atoms with Gasteiger partial charge in [0.05, 0.1) is 4.90 Å². The molecule has 1 heterocycles. The van der Waals surface area contributed by atoms with Crippen LogP contribution in [0, 0.1) is 25.6 Å². The third kappa shape index (κ3) is 4.67. The van der Waals surface area contributed by atoms with Crippen LogP contribution in [0.25, 0.3) is 0 Å². The minimum absolute atomic E-state index is 0.0895. The molecule has 0 saturated carbocycles. The molecule has 1 aliphatic heterocycles. The third-order valence-corrected chi connectivity index (χ3v) is 7.22. The number of piperidine rings is 1. The highest BCUT2D eigenvalue weighted by molar-refractivity contribution is 7.89. The predicted octanol–water partition coefficient (Wildman–Crippen LogP) is 4.05. The second-order valence-electron chi connectivity index (χ2n) is 7.56. The van der Waals surface area contributed by atoms with E-state index in [0.29, 0.717) is 42.8 Å². The zero-order valence-electron chi connectivity index (χ0n) is 16.3. The molecular weight excluding hydrogens is 377 g/mol. The lowest BCUT2D eigenvalue weighted by Gasteiger charge is -2.30. The molecule has 0 radical (unpaired) electrons. The van der Waals surface area contributed by atoms with Crippen molar-refractivity contribution in [3.8, 4) is 0 Å². The molecule has 0 spiro atoms. The van der Waals surface area contributed by atoms with Gasteiger partial charge in [0.15, 0.2) is 0 Å². The number of carbonyl (C=O) groups excluding carboxylic acids is 1. The summed E-state index contributed by atoms with van der Waals surface area (Å²) in [6.45, 7) is 4.44. The standard InChI is InChI=1S/C22H26FNO3S/c1-16-13-17(2)15-20(14-16)28(26,27)24-11-9-19(10-12-24)22(25)8-7-18-5-3-4-6-21(18)23/h3-6,13-15,19H,7-12H2,1-2H3. The fraction of sp³-hybridized carbons (Fsp3) is 0.409. The molecule has 0 unspecified atom stereocenters. The Morgan fingerprint density at radius 3 is 2.29 bits per heavy atom. The van der Waals surface area contributed by atoms with Crippen LogP contribution in [-0.2, 0) is 21.2 Å². The van der Waals surface area contributed by atoms with E-state index < -0.39 is 10.0 Å². The number of nitrogens with zero attached hydrogens (tertiary/aromatic N) is 1. The van der Waals surface area contributed by atoms with Gasteiger partial charge in [-0.3, -0.25) is 4.79 Å². The molecular formula is C22H26FNO3S. The van der Waals surface area contributed by atoms with E-state index in [1.807, 2.05) is 19.9 Å². The van der Waals surface area contributed by atoms with Gasteiger partial charge in [0, 0.05) is 25.4 Å². The van der Waals surface area contributed by atoms with Crippen molar-refractivity contribution in [2.45, 2.75) is 44.4 Å². The van der Waals surface area contributed by atoms with Crippen LogP contribution in [0.3, 0.4) is 0 Å². The molecule has 1 saturated heterocycles. The highest BCUT2D eigenvalue weighted by Crippen LogP contribution is 2.26. The number of rotatable bonds is 6. The molecule has 0 aliphatic carbocycles. The van der Waals surface area contributed by atoms with Gasteiger partial charge >= 0.3 is 0 Å². The van der Waals surface area contributed by atoms with Crippen molar-refractivity contribution in [2.24, 2.45) is 5.92 Å². The molecule has 2 aromatic rings. The van der Waals surface area contributed by atoms with Gasteiger partial charge in [0.25, 0.3) is 0 Å². The van der Waals surface area contributed by atoms with Crippen LogP contribution in [0.4, 0.5) is 4.39 Å². The van der Waals surface area contributed by atoms with Crippen LogP contribution in [0.1, 0.15) is 36.0 Å². The van der Waals surface area contributed by atoms with Crippen molar-refractivity contribution >= 4 is 15.8 Å². The summed E-state index contributed by atoms with van der Waals surface area (Å²) < 4.78 is 41.0. The quantitative estimate of drug-likeness (QED) is 0.731. The van der Waals surface area contributed by atoms with Crippen LogP contribution in [0.2, 0.25) is 0 Å². The van der Waals surface area contributed by atoms with Crippen molar-refractivity contribution in [1.29, 1.82) is 0 Å². The Kier molecular flexibility index (Phi) is 6.30.